The fourth-order valence-corrected chi connectivity index (χ4v) is 3.82. The molecule has 1 saturated carbocycles. The van der Waals surface area contributed by atoms with Crippen LogP contribution in [0, 0.1) is 5.92 Å². The van der Waals surface area contributed by atoms with Crippen molar-refractivity contribution in [2.24, 2.45) is 5.92 Å². The number of thiophene rings is 2. The lowest BCUT2D eigenvalue weighted by Gasteiger charge is -2.01. The Labute approximate surface area is 117 Å². The first-order valence-electron chi connectivity index (χ1n) is 6.74. The molecule has 2 heterocycles. The molecule has 96 valence electrons. The molecule has 1 aliphatic carbocycles. The van der Waals surface area contributed by atoms with Crippen molar-refractivity contribution in [2.45, 2.75) is 32.2 Å². The number of nitrogens with one attached hydrogen (secondary N) is 1. The molecule has 3 heteroatoms. The molecular formula is C15H19NS2. The highest BCUT2D eigenvalue weighted by Gasteiger charge is 2.19. The van der Waals surface area contributed by atoms with Crippen LogP contribution >= 0.6 is 22.7 Å². The van der Waals surface area contributed by atoms with E-state index in [1.165, 1.54) is 47.5 Å². The number of rotatable bonds is 7. The van der Waals surface area contributed by atoms with E-state index in [2.05, 4.69) is 34.3 Å². The van der Waals surface area contributed by atoms with Gasteiger partial charge >= 0.3 is 0 Å². The summed E-state index contributed by atoms with van der Waals surface area (Å²) < 4.78 is 0. The molecule has 0 unspecified atom stereocenters. The molecule has 0 aliphatic heterocycles. The fraction of sp³-hybridized carbons (Fsp3) is 0.467. The Bertz CT molecular complexity index is 468. The quantitative estimate of drug-likeness (QED) is 0.720. The molecule has 1 nitrogen and oxygen atoms in total. The van der Waals surface area contributed by atoms with E-state index in [-0.39, 0.29) is 0 Å². The molecule has 0 bridgehead atoms. The second-order valence-corrected chi connectivity index (χ2v) is 6.98. The van der Waals surface area contributed by atoms with E-state index in [4.69, 9.17) is 0 Å². The molecule has 0 saturated heterocycles. The first kappa shape index (κ1) is 12.4. The first-order valence-corrected chi connectivity index (χ1v) is 8.50. The van der Waals surface area contributed by atoms with Crippen LogP contribution in [0.2, 0.25) is 0 Å². The van der Waals surface area contributed by atoms with E-state index in [1.807, 2.05) is 22.7 Å². The van der Waals surface area contributed by atoms with E-state index < -0.39 is 0 Å². The van der Waals surface area contributed by atoms with E-state index in [9.17, 15) is 0 Å². The zero-order chi connectivity index (χ0) is 12.2. The zero-order valence-electron chi connectivity index (χ0n) is 10.5. The summed E-state index contributed by atoms with van der Waals surface area (Å²) >= 11 is 3.69. The van der Waals surface area contributed by atoms with Crippen LogP contribution in [0.5, 0.6) is 0 Å². The van der Waals surface area contributed by atoms with Gasteiger partial charge in [0.2, 0.25) is 0 Å². The van der Waals surface area contributed by atoms with Crippen molar-refractivity contribution in [3.05, 3.63) is 33.8 Å². The van der Waals surface area contributed by atoms with Gasteiger partial charge in [0, 0.05) is 21.9 Å². The van der Waals surface area contributed by atoms with Crippen molar-refractivity contribution in [3.8, 4) is 10.4 Å². The molecule has 0 radical (unpaired) electrons. The molecule has 3 rings (SSSR count). The lowest BCUT2D eigenvalue weighted by atomic mass is 10.2. The van der Waals surface area contributed by atoms with Crippen molar-refractivity contribution in [1.29, 1.82) is 0 Å². The molecule has 0 aromatic carbocycles. The van der Waals surface area contributed by atoms with Gasteiger partial charge in [0.05, 0.1) is 0 Å². The van der Waals surface area contributed by atoms with E-state index >= 15 is 0 Å². The highest BCUT2D eigenvalue weighted by Crippen LogP contribution is 2.33. The second kappa shape index (κ2) is 6.00. The maximum absolute atomic E-state index is 3.56. The zero-order valence-corrected chi connectivity index (χ0v) is 12.2. The van der Waals surface area contributed by atoms with Crippen LogP contribution < -0.4 is 5.32 Å². The van der Waals surface area contributed by atoms with Gasteiger partial charge in [-0.3, -0.25) is 0 Å². The molecule has 18 heavy (non-hydrogen) atoms. The molecular weight excluding hydrogens is 258 g/mol. The third-order valence-corrected chi connectivity index (χ3v) is 5.28. The van der Waals surface area contributed by atoms with Crippen molar-refractivity contribution in [2.75, 3.05) is 6.54 Å². The maximum Gasteiger partial charge on any atom is 0.0351 e. The number of hydrogen-bond donors (Lipinski definition) is 1. The summed E-state index contributed by atoms with van der Waals surface area (Å²) in [5.41, 5.74) is 1.38. The van der Waals surface area contributed by atoms with Crippen LogP contribution in [0.1, 0.15) is 30.6 Å². The minimum atomic E-state index is 1.03. The molecule has 0 atom stereocenters. The SMILES string of the molecule is c1csc(-c2csc(CNCCCC3CC3)c2)c1. The Balaban J connectivity index is 1.42. The summed E-state index contributed by atoms with van der Waals surface area (Å²) in [5, 5.41) is 7.97. The topological polar surface area (TPSA) is 12.0 Å². The van der Waals surface area contributed by atoms with Crippen LogP contribution in [0.15, 0.2) is 29.0 Å². The summed E-state index contributed by atoms with van der Waals surface area (Å²) in [5.74, 6) is 1.07. The predicted octanol–water partition coefficient (Wildman–Crippen LogP) is 4.76. The normalized spacial score (nSPS) is 15.1. The monoisotopic (exact) mass is 277 g/mol. The average Bonchev–Trinajstić information content (AvgIpc) is 2.89. The van der Waals surface area contributed by atoms with Gasteiger partial charge in [-0.1, -0.05) is 18.9 Å². The predicted molar refractivity (Wildman–Crippen MR) is 81.3 cm³/mol. The van der Waals surface area contributed by atoms with Gasteiger partial charge in [0.1, 0.15) is 0 Å². The standard InChI is InChI=1S/C15H19NS2/c1(3-12-5-6-12)7-16-10-14-9-13(11-18-14)15-4-2-8-17-15/h2,4,8-9,11-12,16H,1,3,5-7,10H2. The van der Waals surface area contributed by atoms with Gasteiger partial charge in [0.25, 0.3) is 0 Å². The maximum atomic E-state index is 3.56. The Morgan fingerprint density at radius 2 is 2.22 bits per heavy atom. The van der Waals surface area contributed by atoms with Crippen LogP contribution in [0.3, 0.4) is 0 Å². The second-order valence-electron chi connectivity index (χ2n) is 5.04. The fourth-order valence-electron chi connectivity index (χ4n) is 2.18. The molecule has 1 N–H and O–H groups in total. The van der Waals surface area contributed by atoms with E-state index in [0.717, 1.165) is 12.5 Å². The van der Waals surface area contributed by atoms with Crippen LogP contribution in [0.25, 0.3) is 10.4 Å². The summed E-state index contributed by atoms with van der Waals surface area (Å²) in [6, 6.07) is 6.64. The van der Waals surface area contributed by atoms with Crippen molar-refractivity contribution >= 4 is 22.7 Å². The Kier molecular flexibility index (Phi) is 4.13. The minimum absolute atomic E-state index is 1.03. The van der Waals surface area contributed by atoms with Crippen LogP contribution in [-0.4, -0.2) is 6.54 Å². The third-order valence-electron chi connectivity index (χ3n) is 3.42. The van der Waals surface area contributed by atoms with E-state index in [1.54, 1.807) is 0 Å². The minimum Gasteiger partial charge on any atom is -0.312 e. The third kappa shape index (κ3) is 3.44. The number of hydrogen-bond acceptors (Lipinski definition) is 3. The van der Waals surface area contributed by atoms with Gasteiger partial charge < -0.3 is 5.32 Å². The van der Waals surface area contributed by atoms with E-state index in [0.29, 0.717) is 0 Å². The Hall–Kier alpha value is -0.640. The Morgan fingerprint density at radius 3 is 3.00 bits per heavy atom. The van der Waals surface area contributed by atoms with Crippen LogP contribution in [0.4, 0.5) is 0 Å². The molecule has 1 fully saturated rings. The summed E-state index contributed by atoms with van der Waals surface area (Å²) in [6.45, 7) is 2.20. The van der Waals surface area contributed by atoms with Gasteiger partial charge in [-0.25, -0.2) is 0 Å². The van der Waals surface area contributed by atoms with Crippen molar-refractivity contribution in [3.63, 3.8) is 0 Å². The summed E-state index contributed by atoms with van der Waals surface area (Å²) in [4.78, 5) is 2.83. The van der Waals surface area contributed by atoms with Gasteiger partial charge in [0.15, 0.2) is 0 Å². The Morgan fingerprint density at radius 1 is 1.28 bits per heavy atom. The highest BCUT2D eigenvalue weighted by atomic mass is 32.1. The van der Waals surface area contributed by atoms with Gasteiger partial charge in [-0.2, -0.15) is 0 Å². The van der Waals surface area contributed by atoms with Crippen molar-refractivity contribution in [1.82, 2.24) is 5.32 Å². The smallest absolute Gasteiger partial charge is 0.0351 e. The lowest BCUT2D eigenvalue weighted by Crippen LogP contribution is -2.13. The molecule has 1 aliphatic rings. The first-order chi connectivity index (χ1) is 8.92. The molecule has 2 aromatic heterocycles. The molecule has 0 spiro atoms. The van der Waals surface area contributed by atoms with Crippen molar-refractivity contribution < 1.29 is 0 Å². The van der Waals surface area contributed by atoms with Gasteiger partial charge in [-0.15, -0.1) is 22.7 Å². The summed E-state index contributed by atoms with van der Waals surface area (Å²) in [6.07, 6.45) is 5.73. The summed E-state index contributed by atoms with van der Waals surface area (Å²) in [7, 11) is 0. The van der Waals surface area contributed by atoms with Gasteiger partial charge in [-0.05, 0) is 48.2 Å². The largest absolute Gasteiger partial charge is 0.312 e. The average molecular weight is 277 g/mol. The molecule has 0 amide bonds. The van der Waals surface area contributed by atoms with Crippen LogP contribution in [-0.2, 0) is 6.54 Å². The lowest BCUT2D eigenvalue weighted by molar-refractivity contribution is 0.596. The molecule has 2 aromatic rings. The highest BCUT2D eigenvalue weighted by molar-refractivity contribution is 7.14.